The monoisotopic (exact) mass is 220 g/mol. The van der Waals surface area contributed by atoms with Crippen LogP contribution in [-0.2, 0) is 17.8 Å². The number of carboxylic acid groups (broad SMARTS) is 1. The fourth-order valence-corrected chi connectivity index (χ4v) is 1.91. The summed E-state index contributed by atoms with van der Waals surface area (Å²) in [6, 6.07) is 1.48. The summed E-state index contributed by atoms with van der Waals surface area (Å²) in [6.07, 6.45) is 2.13. The number of carbonyl (C=O) groups excluding carboxylic acids is 1. The van der Waals surface area contributed by atoms with Crippen LogP contribution in [0.3, 0.4) is 0 Å². The molecule has 2 rings (SSSR count). The zero-order valence-corrected chi connectivity index (χ0v) is 8.93. The second-order valence-corrected chi connectivity index (χ2v) is 3.78. The van der Waals surface area contributed by atoms with E-state index in [1.54, 1.807) is 4.90 Å². The van der Waals surface area contributed by atoms with Gasteiger partial charge in [-0.2, -0.15) is 0 Å². The number of nitrogens with zero attached hydrogens (tertiary/aromatic N) is 2. The van der Waals surface area contributed by atoms with Crippen molar-refractivity contribution in [1.82, 2.24) is 9.88 Å². The molecule has 5 nitrogen and oxygen atoms in total. The number of rotatable bonds is 1. The average molecular weight is 220 g/mol. The number of fused-ring (bicyclic) bond motifs is 1. The summed E-state index contributed by atoms with van der Waals surface area (Å²) in [7, 11) is 0. The third-order valence-electron chi connectivity index (χ3n) is 2.79. The van der Waals surface area contributed by atoms with Gasteiger partial charge in [0.2, 0.25) is 5.91 Å². The van der Waals surface area contributed by atoms with Crippen molar-refractivity contribution in [1.29, 1.82) is 0 Å². The Kier molecular flexibility index (Phi) is 2.60. The SMILES string of the molecule is CC(=O)N1CCc2nccc(C(=O)O)c2C1. The van der Waals surface area contributed by atoms with Crippen molar-refractivity contribution >= 4 is 11.9 Å². The molecule has 0 aromatic carbocycles. The molecule has 1 aliphatic heterocycles. The van der Waals surface area contributed by atoms with Gasteiger partial charge in [-0.05, 0) is 6.07 Å². The minimum absolute atomic E-state index is 0.0363. The van der Waals surface area contributed by atoms with Gasteiger partial charge in [-0.25, -0.2) is 4.79 Å². The van der Waals surface area contributed by atoms with Gasteiger partial charge >= 0.3 is 5.97 Å². The van der Waals surface area contributed by atoms with E-state index in [0.29, 0.717) is 25.1 Å². The second-order valence-electron chi connectivity index (χ2n) is 3.78. The van der Waals surface area contributed by atoms with Gasteiger partial charge in [-0.15, -0.1) is 0 Å². The topological polar surface area (TPSA) is 70.5 Å². The summed E-state index contributed by atoms with van der Waals surface area (Å²) in [5.74, 6) is -1.00. The molecule has 5 heteroatoms. The molecular formula is C11H12N2O3. The predicted molar refractivity (Wildman–Crippen MR) is 56.0 cm³/mol. The number of carbonyl (C=O) groups is 2. The molecule has 0 fully saturated rings. The Bertz CT molecular complexity index is 457. The minimum Gasteiger partial charge on any atom is -0.478 e. The van der Waals surface area contributed by atoms with E-state index in [2.05, 4.69) is 4.98 Å². The Balaban J connectivity index is 2.41. The fourth-order valence-electron chi connectivity index (χ4n) is 1.91. The molecule has 16 heavy (non-hydrogen) atoms. The molecule has 0 atom stereocenters. The third kappa shape index (κ3) is 1.76. The molecule has 0 aliphatic carbocycles. The van der Waals surface area contributed by atoms with E-state index in [9.17, 15) is 9.59 Å². The van der Waals surface area contributed by atoms with E-state index < -0.39 is 5.97 Å². The van der Waals surface area contributed by atoms with Crippen molar-refractivity contribution in [2.75, 3.05) is 6.54 Å². The summed E-state index contributed by atoms with van der Waals surface area (Å²) in [6.45, 7) is 2.44. The van der Waals surface area contributed by atoms with Crippen LogP contribution in [0.15, 0.2) is 12.3 Å². The van der Waals surface area contributed by atoms with E-state index in [1.807, 2.05) is 0 Å². The lowest BCUT2D eigenvalue weighted by atomic mass is 10.0. The Morgan fingerprint density at radius 3 is 2.88 bits per heavy atom. The van der Waals surface area contributed by atoms with Crippen molar-refractivity contribution in [2.45, 2.75) is 19.9 Å². The highest BCUT2D eigenvalue weighted by Gasteiger charge is 2.23. The molecule has 1 aliphatic rings. The maximum atomic E-state index is 11.2. The lowest BCUT2D eigenvalue weighted by molar-refractivity contribution is -0.129. The molecule has 1 aromatic rings. The van der Waals surface area contributed by atoms with Crippen LogP contribution < -0.4 is 0 Å². The summed E-state index contributed by atoms with van der Waals surface area (Å²) in [5, 5.41) is 9.03. The highest BCUT2D eigenvalue weighted by atomic mass is 16.4. The highest BCUT2D eigenvalue weighted by Crippen LogP contribution is 2.20. The van der Waals surface area contributed by atoms with Gasteiger partial charge in [0, 0.05) is 43.9 Å². The van der Waals surface area contributed by atoms with Crippen molar-refractivity contribution < 1.29 is 14.7 Å². The summed E-state index contributed by atoms with van der Waals surface area (Å²) in [5.41, 5.74) is 1.70. The van der Waals surface area contributed by atoms with E-state index in [1.165, 1.54) is 19.2 Å². The van der Waals surface area contributed by atoms with Crippen LogP contribution in [0.2, 0.25) is 0 Å². The van der Waals surface area contributed by atoms with Crippen molar-refractivity contribution in [3.05, 3.63) is 29.1 Å². The van der Waals surface area contributed by atoms with Crippen LogP contribution in [0.1, 0.15) is 28.5 Å². The molecule has 0 unspecified atom stereocenters. The smallest absolute Gasteiger partial charge is 0.336 e. The predicted octanol–water partition coefficient (Wildman–Crippen LogP) is 0.684. The maximum absolute atomic E-state index is 11.2. The van der Waals surface area contributed by atoms with Gasteiger partial charge in [-0.3, -0.25) is 9.78 Å². The summed E-state index contributed by atoms with van der Waals surface area (Å²) in [4.78, 5) is 28.1. The van der Waals surface area contributed by atoms with Gasteiger partial charge in [0.15, 0.2) is 0 Å². The highest BCUT2D eigenvalue weighted by molar-refractivity contribution is 5.89. The van der Waals surface area contributed by atoms with Gasteiger partial charge in [-0.1, -0.05) is 0 Å². The van der Waals surface area contributed by atoms with Gasteiger partial charge < -0.3 is 10.0 Å². The van der Waals surface area contributed by atoms with E-state index >= 15 is 0 Å². The quantitative estimate of drug-likeness (QED) is 0.755. The summed E-state index contributed by atoms with van der Waals surface area (Å²) < 4.78 is 0. The molecule has 1 aromatic heterocycles. The first-order valence-electron chi connectivity index (χ1n) is 5.05. The number of aromatic carboxylic acids is 1. The molecule has 2 heterocycles. The van der Waals surface area contributed by atoms with Crippen LogP contribution in [0, 0.1) is 0 Å². The molecular weight excluding hydrogens is 208 g/mol. The Labute approximate surface area is 92.7 Å². The van der Waals surface area contributed by atoms with Crippen LogP contribution in [0.4, 0.5) is 0 Å². The van der Waals surface area contributed by atoms with E-state index in [4.69, 9.17) is 5.11 Å². The molecule has 1 N–H and O–H groups in total. The van der Waals surface area contributed by atoms with Gasteiger partial charge in [0.05, 0.1) is 5.56 Å². The van der Waals surface area contributed by atoms with Crippen LogP contribution in [-0.4, -0.2) is 33.4 Å². The van der Waals surface area contributed by atoms with Gasteiger partial charge in [0.25, 0.3) is 0 Å². The van der Waals surface area contributed by atoms with Gasteiger partial charge in [0.1, 0.15) is 0 Å². The molecule has 0 bridgehead atoms. The Morgan fingerprint density at radius 1 is 1.50 bits per heavy atom. The molecule has 0 radical (unpaired) electrons. The Morgan fingerprint density at radius 2 is 2.25 bits per heavy atom. The minimum atomic E-state index is -0.968. The molecule has 1 amide bonds. The first kappa shape index (κ1) is 10.6. The molecule has 0 saturated carbocycles. The van der Waals surface area contributed by atoms with Crippen molar-refractivity contribution in [2.24, 2.45) is 0 Å². The molecule has 84 valence electrons. The van der Waals surface area contributed by atoms with Crippen LogP contribution in [0.5, 0.6) is 0 Å². The van der Waals surface area contributed by atoms with Crippen molar-refractivity contribution in [3.63, 3.8) is 0 Å². The zero-order valence-electron chi connectivity index (χ0n) is 8.93. The van der Waals surface area contributed by atoms with E-state index in [0.717, 1.165) is 5.69 Å². The number of amides is 1. The second kappa shape index (κ2) is 3.92. The number of aromatic nitrogens is 1. The van der Waals surface area contributed by atoms with Crippen LogP contribution >= 0.6 is 0 Å². The maximum Gasteiger partial charge on any atom is 0.336 e. The molecule has 0 spiro atoms. The number of pyridine rings is 1. The van der Waals surface area contributed by atoms with Crippen LogP contribution in [0.25, 0.3) is 0 Å². The van der Waals surface area contributed by atoms with E-state index in [-0.39, 0.29) is 11.5 Å². The first-order chi connectivity index (χ1) is 7.59. The lowest BCUT2D eigenvalue weighted by Gasteiger charge is -2.27. The number of hydrogen-bond acceptors (Lipinski definition) is 3. The largest absolute Gasteiger partial charge is 0.478 e. The summed E-state index contributed by atoms with van der Waals surface area (Å²) >= 11 is 0. The Hall–Kier alpha value is -1.91. The fraction of sp³-hybridized carbons (Fsp3) is 0.364. The zero-order chi connectivity index (χ0) is 11.7. The lowest BCUT2D eigenvalue weighted by Crippen LogP contribution is -2.35. The normalized spacial score (nSPS) is 14.4. The molecule has 0 saturated heterocycles. The third-order valence-corrected chi connectivity index (χ3v) is 2.79. The standard InChI is InChI=1S/C11H12N2O3/c1-7(14)13-5-3-10-9(6-13)8(11(15)16)2-4-12-10/h2,4H,3,5-6H2,1H3,(H,15,16). The average Bonchev–Trinajstić information content (AvgIpc) is 2.27. The number of hydrogen-bond donors (Lipinski definition) is 1. The van der Waals surface area contributed by atoms with Crippen molar-refractivity contribution in [3.8, 4) is 0 Å². The first-order valence-corrected chi connectivity index (χ1v) is 5.05. The number of carboxylic acids is 1.